The predicted molar refractivity (Wildman–Crippen MR) is 159 cm³/mol. The third-order valence-corrected chi connectivity index (χ3v) is 6.89. The molecule has 208 valence electrons. The van der Waals surface area contributed by atoms with Crippen LogP contribution in [0.4, 0.5) is 5.69 Å². The first-order valence-electron chi connectivity index (χ1n) is 13.6. The highest BCUT2D eigenvalue weighted by molar-refractivity contribution is 5.90. The Morgan fingerprint density at radius 2 is 1.52 bits per heavy atom. The molecule has 0 unspecified atom stereocenters. The van der Waals surface area contributed by atoms with Crippen LogP contribution in [0.2, 0.25) is 0 Å². The molecule has 0 fully saturated rings. The van der Waals surface area contributed by atoms with E-state index < -0.39 is 6.10 Å². The van der Waals surface area contributed by atoms with Gasteiger partial charge in [-0.15, -0.1) is 0 Å². The van der Waals surface area contributed by atoms with Gasteiger partial charge in [0, 0.05) is 26.1 Å². The molecule has 6 nitrogen and oxygen atoms in total. The smallest absolute Gasteiger partial charge is 0.221 e. The molecular weight excluding hydrogens is 500 g/mol. The lowest BCUT2D eigenvalue weighted by Crippen LogP contribution is -2.37. The van der Waals surface area contributed by atoms with Crippen molar-refractivity contribution < 1.29 is 19.4 Å². The number of hydrogen-bond acceptors (Lipinski definition) is 5. The van der Waals surface area contributed by atoms with E-state index in [4.69, 9.17) is 9.47 Å². The molecule has 4 aromatic carbocycles. The summed E-state index contributed by atoms with van der Waals surface area (Å²) < 4.78 is 11.3. The molecular formula is C34H38N2O4. The zero-order chi connectivity index (χ0) is 28.3. The van der Waals surface area contributed by atoms with Gasteiger partial charge in [0.1, 0.15) is 18.1 Å². The van der Waals surface area contributed by atoms with Crippen molar-refractivity contribution in [3.63, 3.8) is 0 Å². The van der Waals surface area contributed by atoms with Crippen LogP contribution in [0.3, 0.4) is 0 Å². The lowest BCUT2D eigenvalue weighted by Gasteiger charge is -2.31. The number of ether oxygens (including phenoxy) is 2. The average Bonchev–Trinajstić information content (AvgIpc) is 2.97. The largest absolute Gasteiger partial charge is 0.497 e. The quantitative estimate of drug-likeness (QED) is 0.206. The Bertz CT molecular complexity index is 1340. The van der Waals surface area contributed by atoms with Crippen molar-refractivity contribution in [2.45, 2.75) is 45.6 Å². The second kappa shape index (κ2) is 14.3. The van der Waals surface area contributed by atoms with Gasteiger partial charge in [0.2, 0.25) is 5.91 Å². The average molecular weight is 539 g/mol. The first-order valence-corrected chi connectivity index (χ1v) is 13.6. The van der Waals surface area contributed by atoms with Crippen molar-refractivity contribution in [2.24, 2.45) is 0 Å². The second-order valence-corrected chi connectivity index (χ2v) is 10.0. The molecule has 2 N–H and O–H groups in total. The molecule has 4 rings (SSSR count). The number of benzene rings is 4. The van der Waals surface area contributed by atoms with Gasteiger partial charge in [-0.05, 0) is 59.9 Å². The number of anilines is 1. The molecule has 0 aliphatic rings. The summed E-state index contributed by atoms with van der Waals surface area (Å²) in [6.07, 6.45) is 0.0603. The molecule has 0 heterocycles. The fraction of sp³-hybridized carbons (Fsp3) is 0.265. The van der Waals surface area contributed by atoms with E-state index in [0.717, 1.165) is 17.7 Å². The summed E-state index contributed by atoms with van der Waals surface area (Å²) in [6.45, 7) is 5.15. The molecule has 0 radical (unpaired) electrons. The van der Waals surface area contributed by atoms with E-state index in [-0.39, 0.29) is 11.9 Å². The van der Waals surface area contributed by atoms with Crippen molar-refractivity contribution in [1.29, 1.82) is 0 Å². The highest BCUT2D eigenvalue weighted by Crippen LogP contribution is 2.30. The lowest BCUT2D eigenvalue weighted by atomic mass is 10.0. The maximum Gasteiger partial charge on any atom is 0.221 e. The Hall–Kier alpha value is -4.13. The number of nitrogens with one attached hydrogen (secondary N) is 1. The topological polar surface area (TPSA) is 71.0 Å². The number of carbonyl (C=O) groups is 1. The summed E-state index contributed by atoms with van der Waals surface area (Å²) in [4.78, 5) is 14.3. The van der Waals surface area contributed by atoms with Crippen LogP contribution in [-0.4, -0.2) is 35.6 Å². The third-order valence-electron chi connectivity index (χ3n) is 6.89. The predicted octanol–water partition coefficient (Wildman–Crippen LogP) is 6.40. The zero-order valence-electron chi connectivity index (χ0n) is 23.4. The number of carbonyl (C=O) groups excluding carboxylic acids is 1. The van der Waals surface area contributed by atoms with Crippen LogP contribution in [0.5, 0.6) is 11.5 Å². The number of amides is 1. The fourth-order valence-corrected chi connectivity index (χ4v) is 4.68. The van der Waals surface area contributed by atoms with E-state index in [1.165, 1.54) is 18.1 Å². The standard InChI is InChI=1S/C34H38N2O4/c1-25(20-27-14-17-31(39-3)18-15-27)36(22-28-10-6-4-7-11-28)23-33(38)30-16-19-34(32(21-30)35-26(2)37)40-24-29-12-8-5-9-13-29/h4-19,21,25,33,38H,20,22-24H2,1-3H3,(H,35,37)/t25-,33+/m1/s1. The Kier molecular flexibility index (Phi) is 10.3. The molecule has 0 spiro atoms. The van der Waals surface area contributed by atoms with Gasteiger partial charge in [-0.3, -0.25) is 9.69 Å². The summed E-state index contributed by atoms with van der Waals surface area (Å²) in [7, 11) is 1.67. The minimum absolute atomic E-state index is 0.159. The van der Waals surface area contributed by atoms with Crippen LogP contribution < -0.4 is 14.8 Å². The molecule has 0 saturated carbocycles. The first-order chi connectivity index (χ1) is 19.4. The number of aliphatic hydroxyl groups is 1. The van der Waals surface area contributed by atoms with Crippen molar-refractivity contribution in [2.75, 3.05) is 19.0 Å². The minimum atomic E-state index is -0.766. The Labute approximate surface area is 237 Å². The van der Waals surface area contributed by atoms with Crippen LogP contribution in [0.15, 0.2) is 103 Å². The van der Waals surface area contributed by atoms with Crippen molar-refractivity contribution in [1.82, 2.24) is 4.90 Å². The van der Waals surface area contributed by atoms with E-state index in [2.05, 4.69) is 41.4 Å². The normalized spacial score (nSPS) is 12.5. The van der Waals surface area contributed by atoms with E-state index in [9.17, 15) is 9.90 Å². The van der Waals surface area contributed by atoms with E-state index in [0.29, 0.717) is 36.7 Å². The number of hydrogen-bond donors (Lipinski definition) is 2. The molecule has 6 heteroatoms. The molecule has 0 aliphatic carbocycles. The van der Waals surface area contributed by atoms with Crippen LogP contribution in [-0.2, 0) is 24.4 Å². The SMILES string of the molecule is COc1ccc(C[C@@H](C)N(Cc2ccccc2)C[C@H](O)c2ccc(OCc3ccccc3)c(NC(C)=O)c2)cc1. The molecule has 0 aromatic heterocycles. The van der Waals surface area contributed by atoms with Gasteiger partial charge in [0.05, 0.1) is 18.9 Å². The summed E-state index contributed by atoms with van der Waals surface area (Å²) in [6, 6.07) is 33.9. The molecule has 2 atom stereocenters. The van der Waals surface area contributed by atoms with E-state index in [1.54, 1.807) is 13.2 Å². The van der Waals surface area contributed by atoms with Crippen LogP contribution >= 0.6 is 0 Å². The van der Waals surface area contributed by atoms with Crippen LogP contribution in [0.25, 0.3) is 0 Å². The minimum Gasteiger partial charge on any atom is -0.497 e. The molecule has 0 aliphatic heterocycles. The summed E-state index contributed by atoms with van der Waals surface area (Å²) in [5, 5.41) is 14.3. The summed E-state index contributed by atoms with van der Waals surface area (Å²) in [5.74, 6) is 1.19. The Morgan fingerprint density at radius 1 is 0.875 bits per heavy atom. The molecule has 40 heavy (non-hydrogen) atoms. The zero-order valence-corrected chi connectivity index (χ0v) is 23.4. The molecule has 1 amide bonds. The van der Waals surface area contributed by atoms with Gasteiger partial charge in [0.25, 0.3) is 0 Å². The highest BCUT2D eigenvalue weighted by Gasteiger charge is 2.21. The number of nitrogens with zero attached hydrogens (tertiary/aromatic N) is 1. The van der Waals surface area contributed by atoms with Gasteiger partial charge >= 0.3 is 0 Å². The first kappa shape index (κ1) is 28.9. The second-order valence-electron chi connectivity index (χ2n) is 10.0. The number of aliphatic hydroxyl groups excluding tert-OH is 1. The lowest BCUT2D eigenvalue weighted by molar-refractivity contribution is -0.114. The van der Waals surface area contributed by atoms with E-state index in [1.807, 2.05) is 72.8 Å². The van der Waals surface area contributed by atoms with Gasteiger partial charge < -0.3 is 19.9 Å². The van der Waals surface area contributed by atoms with Crippen LogP contribution in [0, 0.1) is 0 Å². The highest BCUT2D eigenvalue weighted by atomic mass is 16.5. The van der Waals surface area contributed by atoms with Crippen molar-refractivity contribution in [3.05, 3.63) is 125 Å². The monoisotopic (exact) mass is 538 g/mol. The van der Waals surface area contributed by atoms with Crippen molar-refractivity contribution in [3.8, 4) is 11.5 Å². The molecule has 4 aromatic rings. The maximum absolute atomic E-state index is 12.0. The Balaban J connectivity index is 1.52. The number of methoxy groups -OCH3 is 1. The van der Waals surface area contributed by atoms with Gasteiger partial charge in [-0.2, -0.15) is 0 Å². The number of rotatable bonds is 13. The van der Waals surface area contributed by atoms with Gasteiger partial charge in [0.15, 0.2) is 0 Å². The summed E-state index contributed by atoms with van der Waals surface area (Å²) >= 11 is 0. The third kappa shape index (κ3) is 8.43. The molecule has 0 bridgehead atoms. The fourth-order valence-electron chi connectivity index (χ4n) is 4.68. The van der Waals surface area contributed by atoms with Gasteiger partial charge in [-0.25, -0.2) is 0 Å². The summed E-state index contributed by atoms with van der Waals surface area (Å²) in [5.41, 5.74) is 4.67. The van der Waals surface area contributed by atoms with Gasteiger partial charge in [-0.1, -0.05) is 78.9 Å². The van der Waals surface area contributed by atoms with Crippen LogP contribution in [0.1, 0.15) is 42.2 Å². The maximum atomic E-state index is 12.0. The van der Waals surface area contributed by atoms with Crippen molar-refractivity contribution >= 4 is 11.6 Å². The van der Waals surface area contributed by atoms with E-state index >= 15 is 0 Å². The molecule has 0 saturated heterocycles. The Morgan fingerprint density at radius 3 is 2.15 bits per heavy atom.